The highest BCUT2D eigenvalue weighted by Gasteiger charge is 2.20. The van der Waals surface area contributed by atoms with Gasteiger partial charge in [0, 0.05) is 26.9 Å². The first-order valence-electron chi connectivity index (χ1n) is 10.7. The van der Waals surface area contributed by atoms with E-state index in [1.165, 1.54) is 59.6 Å². The Kier molecular flexibility index (Phi) is 2.67. The van der Waals surface area contributed by atoms with Crippen molar-refractivity contribution in [3.63, 3.8) is 0 Å². The highest BCUT2D eigenvalue weighted by atomic mass is 14.9. The van der Waals surface area contributed by atoms with Crippen molar-refractivity contribution in [1.29, 1.82) is 0 Å². The summed E-state index contributed by atoms with van der Waals surface area (Å²) in [4.78, 5) is 5.22. The van der Waals surface area contributed by atoms with E-state index in [-0.39, 0.29) is 0 Å². The molecule has 0 atom stereocenters. The molecule has 8 rings (SSSR count). The minimum atomic E-state index is 1.05. The number of nitrogens with zero attached hydrogens (tertiary/aromatic N) is 2. The summed E-state index contributed by atoms with van der Waals surface area (Å²) in [5.41, 5.74) is 5.88. The fourth-order valence-corrected chi connectivity index (χ4v) is 5.55. The minimum absolute atomic E-state index is 1.05. The van der Waals surface area contributed by atoms with Crippen molar-refractivity contribution in [2.45, 2.75) is 0 Å². The first-order valence-corrected chi connectivity index (χ1v) is 10.7. The Morgan fingerprint density at radius 1 is 0.516 bits per heavy atom. The number of hydrogen-bond donors (Lipinski definition) is 0. The summed E-state index contributed by atoms with van der Waals surface area (Å²) < 4.78 is 2.46. The van der Waals surface area contributed by atoms with Gasteiger partial charge in [-0.05, 0) is 40.4 Å². The quantitative estimate of drug-likeness (QED) is 0.191. The Labute approximate surface area is 177 Å². The lowest BCUT2D eigenvalue weighted by atomic mass is 9.98. The van der Waals surface area contributed by atoms with E-state index < -0.39 is 0 Å². The van der Waals surface area contributed by atoms with Crippen LogP contribution in [0.2, 0.25) is 0 Å². The maximum atomic E-state index is 5.22. The van der Waals surface area contributed by atoms with E-state index in [2.05, 4.69) is 101 Å². The van der Waals surface area contributed by atoms with Gasteiger partial charge in [0.25, 0.3) is 0 Å². The van der Waals surface area contributed by atoms with Crippen LogP contribution in [-0.2, 0) is 0 Å². The Bertz CT molecular complexity index is 1980. The van der Waals surface area contributed by atoms with E-state index in [1.54, 1.807) is 0 Å². The van der Waals surface area contributed by atoms with Crippen molar-refractivity contribution in [1.82, 2.24) is 9.38 Å². The Morgan fingerprint density at radius 3 is 2.13 bits per heavy atom. The molecule has 0 N–H and O–H groups in total. The third-order valence-electron chi connectivity index (χ3n) is 6.86. The van der Waals surface area contributed by atoms with Gasteiger partial charge in [-0.2, -0.15) is 0 Å². The van der Waals surface area contributed by atoms with Crippen LogP contribution in [0.3, 0.4) is 0 Å². The van der Waals surface area contributed by atoms with Crippen LogP contribution in [0.4, 0.5) is 0 Å². The van der Waals surface area contributed by atoms with E-state index in [4.69, 9.17) is 4.98 Å². The zero-order valence-corrected chi connectivity index (χ0v) is 16.6. The standard InChI is InChI=1S/C29H16N2/c1-2-8-18-16-26-23(15-17(18)7-1)28-27-21(19-9-3-5-11-24(19)30-28)13-14-22-20-10-4-6-12-25(20)31(26)29(22)27/h1-16H. The fraction of sp³-hybridized carbons (Fsp3) is 0. The number of para-hydroxylation sites is 2. The molecular formula is C29H16N2. The maximum Gasteiger partial charge on any atom is 0.0830 e. The van der Waals surface area contributed by atoms with Gasteiger partial charge in [-0.1, -0.05) is 72.8 Å². The number of benzene rings is 5. The lowest BCUT2D eigenvalue weighted by Crippen LogP contribution is -1.95. The molecule has 0 aliphatic rings. The number of hydrogen-bond acceptors (Lipinski definition) is 1. The lowest BCUT2D eigenvalue weighted by molar-refractivity contribution is 1.35. The molecule has 0 unspecified atom stereocenters. The van der Waals surface area contributed by atoms with Crippen molar-refractivity contribution in [2.75, 3.05) is 0 Å². The van der Waals surface area contributed by atoms with Gasteiger partial charge in [-0.25, -0.2) is 4.98 Å². The Balaban J connectivity index is 1.83. The molecule has 2 heteroatoms. The molecule has 0 spiro atoms. The SMILES string of the molecule is c1ccc2cc3c(cc2c1)c1nc2ccccc2c2ccc4c5ccccc5n3c4c21. The van der Waals surface area contributed by atoms with Crippen LogP contribution in [0.25, 0.3) is 70.7 Å². The molecule has 3 heterocycles. The smallest absolute Gasteiger partial charge is 0.0830 e. The third-order valence-corrected chi connectivity index (χ3v) is 6.86. The normalized spacial score (nSPS) is 12.5. The number of aromatic nitrogens is 2. The van der Waals surface area contributed by atoms with Crippen LogP contribution in [0.15, 0.2) is 97.1 Å². The molecule has 3 aromatic heterocycles. The lowest BCUT2D eigenvalue weighted by Gasteiger charge is -2.15. The third kappa shape index (κ3) is 1.82. The molecule has 8 aromatic rings. The molecular weight excluding hydrogens is 376 g/mol. The molecule has 0 saturated carbocycles. The van der Waals surface area contributed by atoms with Crippen LogP contribution in [-0.4, -0.2) is 9.38 Å². The van der Waals surface area contributed by atoms with Gasteiger partial charge in [-0.15, -0.1) is 0 Å². The van der Waals surface area contributed by atoms with E-state index in [0.29, 0.717) is 0 Å². The second kappa shape index (κ2) is 5.30. The summed E-state index contributed by atoms with van der Waals surface area (Å²) in [5.74, 6) is 0. The van der Waals surface area contributed by atoms with Crippen LogP contribution in [0, 0.1) is 0 Å². The Hall–Kier alpha value is -4.17. The molecule has 5 aromatic carbocycles. The molecule has 0 aliphatic heterocycles. The van der Waals surface area contributed by atoms with Gasteiger partial charge < -0.3 is 4.40 Å². The fourth-order valence-electron chi connectivity index (χ4n) is 5.55. The molecule has 0 fully saturated rings. The summed E-state index contributed by atoms with van der Waals surface area (Å²) in [6.07, 6.45) is 0. The number of pyridine rings is 2. The average Bonchev–Trinajstić information content (AvgIpc) is 3.17. The van der Waals surface area contributed by atoms with Crippen molar-refractivity contribution in [2.24, 2.45) is 0 Å². The first-order chi connectivity index (χ1) is 15.4. The van der Waals surface area contributed by atoms with E-state index in [1.807, 2.05) is 0 Å². The molecule has 0 radical (unpaired) electrons. The predicted octanol–water partition coefficient (Wildman–Crippen LogP) is 7.69. The molecule has 0 saturated heterocycles. The van der Waals surface area contributed by atoms with E-state index in [0.717, 1.165) is 11.0 Å². The van der Waals surface area contributed by atoms with Crippen LogP contribution >= 0.6 is 0 Å². The summed E-state index contributed by atoms with van der Waals surface area (Å²) in [5, 5.41) is 10.0. The summed E-state index contributed by atoms with van der Waals surface area (Å²) in [6, 6.07) is 35.1. The number of fused-ring (bicyclic) bond motifs is 9. The zero-order valence-electron chi connectivity index (χ0n) is 16.6. The second-order valence-corrected chi connectivity index (χ2v) is 8.43. The second-order valence-electron chi connectivity index (χ2n) is 8.43. The number of rotatable bonds is 0. The predicted molar refractivity (Wildman–Crippen MR) is 131 cm³/mol. The van der Waals surface area contributed by atoms with E-state index >= 15 is 0 Å². The molecule has 0 amide bonds. The van der Waals surface area contributed by atoms with Crippen molar-refractivity contribution < 1.29 is 0 Å². The van der Waals surface area contributed by atoms with Crippen molar-refractivity contribution >= 4 is 70.7 Å². The molecule has 2 nitrogen and oxygen atoms in total. The minimum Gasteiger partial charge on any atom is -0.308 e. The largest absolute Gasteiger partial charge is 0.308 e. The zero-order chi connectivity index (χ0) is 20.1. The van der Waals surface area contributed by atoms with Gasteiger partial charge in [0.05, 0.1) is 27.6 Å². The molecule has 31 heavy (non-hydrogen) atoms. The molecule has 0 aliphatic carbocycles. The van der Waals surface area contributed by atoms with Gasteiger partial charge >= 0.3 is 0 Å². The monoisotopic (exact) mass is 392 g/mol. The summed E-state index contributed by atoms with van der Waals surface area (Å²) >= 11 is 0. The van der Waals surface area contributed by atoms with Crippen LogP contribution in [0.1, 0.15) is 0 Å². The highest BCUT2D eigenvalue weighted by Crippen LogP contribution is 2.43. The van der Waals surface area contributed by atoms with Gasteiger partial charge in [-0.3, -0.25) is 0 Å². The van der Waals surface area contributed by atoms with Crippen molar-refractivity contribution in [3.8, 4) is 0 Å². The average molecular weight is 392 g/mol. The first kappa shape index (κ1) is 15.6. The summed E-state index contributed by atoms with van der Waals surface area (Å²) in [7, 11) is 0. The van der Waals surface area contributed by atoms with E-state index in [9.17, 15) is 0 Å². The van der Waals surface area contributed by atoms with Gasteiger partial charge in [0.15, 0.2) is 0 Å². The Morgan fingerprint density at radius 2 is 1.23 bits per heavy atom. The van der Waals surface area contributed by atoms with Gasteiger partial charge in [0.1, 0.15) is 0 Å². The topological polar surface area (TPSA) is 17.3 Å². The maximum absolute atomic E-state index is 5.22. The molecule has 142 valence electrons. The van der Waals surface area contributed by atoms with Crippen LogP contribution in [0.5, 0.6) is 0 Å². The molecule has 0 bridgehead atoms. The highest BCUT2D eigenvalue weighted by molar-refractivity contribution is 6.31. The van der Waals surface area contributed by atoms with Crippen molar-refractivity contribution in [3.05, 3.63) is 97.1 Å². The van der Waals surface area contributed by atoms with Gasteiger partial charge in [0.2, 0.25) is 0 Å². The van der Waals surface area contributed by atoms with Crippen LogP contribution < -0.4 is 0 Å². The summed E-state index contributed by atoms with van der Waals surface area (Å²) in [6.45, 7) is 0.